The fraction of sp³-hybridized carbons (Fsp3) is 0.357. The van der Waals surface area contributed by atoms with Gasteiger partial charge in [-0.25, -0.2) is 0 Å². The van der Waals surface area contributed by atoms with E-state index < -0.39 is 0 Å². The Morgan fingerprint density at radius 2 is 2.18 bits per heavy atom. The highest BCUT2D eigenvalue weighted by molar-refractivity contribution is 5.81. The Kier molecular flexibility index (Phi) is 5.25. The van der Waals surface area contributed by atoms with E-state index in [0.29, 0.717) is 6.54 Å². The van der Waals surface area contributed by atoms with Crippen LogP contribution in [0.5, 0.6) is 0 Å². The number of terminal acetylenes is 1. The molecule has 0 aliphatic rings. The number of carbonyl (C=O) groups is 1. The van der Waals surface area contributed by atoms with Crippen molar-refractivity contribution in [1.82, 2.24) is 10.6 Å². The second-order valence-corrected chi connectivity index (χ2v) is 3.95. The lowest BCUT2D eigenvalue weighted by atomic mass is 10.1. The number of nitrogens with one attached hydrogen (secondary N) is 2. The van der Waals surface area contributed by atoms with Crippen LogP contribution in [0.25, 0.3) is 0 Å². The molecule has 0 saturated heterocycles. The molecular weight excluding hydrogens is 212 g/mol. The molecule has 0 heterocycles. The van der Waals surface area contributed by atoms with Gasteiger partial charge in [0.05, 0.1) is 12.6 Å². The Morgan fingerprint density at radius 1 is 1.47 bits per heavy atom. The molecule has 3 nitrogen and oxygen atoms in total. The Balaban J connectivity index is 2.43. The highest BCUT2D eigenvalue weighted by atomic mass is 16.2. The molecule has 90 valence electrons. The third kappa shape index (κ3) is 4.29. The van der Waals surface area contributed by atoms with Gasteiger partial charge in [0.15, 0.2) is 0 Å². The summed E-state index contributed by atoms with van der Waals surface area (Å²) < 4.78 is 0. The second-order valence-electron chi connectivity index (χ2n) is 3.95. The molecule has 1 amide bonds. The van der Waals surface area contributed by atoms with E-state index in [0.717, 1.165) is 0 Å². The second kappa shape index (κ2) is 6.72. The van der Waals surface area contributed by atoms with Crippen LogP contribution in [0, 0.1) is 19.3 Å². The molecule has 2 N–H and O–H groups in total. The molecule has 0 aromatic heterocycles. The van der Waals surface area contributed by atoms with Crippen LogP contribution in [0.4, 0.5) is 0 Å². The van der Waals surface area contributed by atoms with Crippen molar-refractivity contribution < 1.29 is 4.79 Å². The van der Waals surface area contributed by atoms with Gasteiger partial charge in [-0.05, 0) is 25.0 Å². The largest absolute Gasteiger partial charge is 0.344 e. The van der Waals surface area contributed by atoms with Crippen molar-refractivity contribution in [3.8, 4) is 12.3 Å². The van der Waals surface area contributed by atoms with Crippen molar-refractivity contribution in [2.75, 3.05) is 6.54 Å². The Labute approximate surface area is 103 Å². The quantitative estimate of drug-likeness (QED) is 0.747. The molecule has 0 saturated carbocycles. The first-order valence-corrected chi connectivity index (χ1v) is 5.64. The molecule has 17 heavy (non-hydrogen) atoms. The third-order valence-electron chi connectivity index (χ3n) is 2.62. The number of hydrogen-bond acceptors (Lipinski definition) is 2. The van der Waals surface area contributed by atoms with E-state index in [9.17, 15) is 4.79 Å². The maximum atomic E-state index is 11.5. The van der Waals surface area contributed by atoms with Crippen LogP contribution in [-0.2, 0) is 11.3 Å². The van der Waals surface area contributed by atoms with Gasteiger partial charge < -0.3 is 10.6 Å². The molecule has 1 unspecified atom stereocenters. The topological polar surface area (TPSA) is 41.1 Å². The zero-order valence-electron chi connectivity index (χ0n) is 10.3. The Hall–Kier alpha value is -1.79. The fourth-order valence-corrected chi connectivity index (χ4v) is 1.46. The SMILES string of the molecule is C#CCNC(=O)C(C)NCc1ccccc1C. The van der Waals surface area contributed by atoms with Gasteiger partial charge in [0, 0.05) is 6.54 Å². The van der Waals surface area contributed by atoms with Crippen LogP contribution < -0.4 is 10.6 Å². The fourth-order valence-electron chi connectivity index (χ4n) is 1.46. The summed E-state index contributed by atoms with van der Waals surface area (Å²) in [6, 6.07) is 7.85. The van der Waals surface area contributed by atoms with Gasteiger partial charge in [-0.15, -0.1) is 6.42 Å². The van der Waals surface area contributed by atoms with Crippen LogP contribution in [0.3, 0.4) is 0 Å². The minimum Gasteiger partial charge on any atom is -0.344 e. The molecule has 0 aliphatic carbocycles. The summed E-state index contributed by atoms with van der Waals surface area (Å²) in [6.45, 7) is 4.83. The van der Waals surface area contributed by atoms with Gasteiger partial charge >= 0.3 is 0 Å². The highest BCUT2D eigenvalue weighted by Gasteiger charge is 2.10. The minimum atomic E-state index is -0.247. The highest BCUT2D eigenvalue weighted by Crippen LogP contribution is 2.06. The summed E-state index contributed by atoms with van der Waals surface area (Å²) in [4.78, 5) is 11.5. The number of rotatable bonds is 5. The van der Waals surface area contributed by atoms with Gasteiger partial charge in [-0.3, -0.25) is 4.79 Å². The molecule has 0 aliphatic heterocycles. The van der Waals surface area contributed by atoms with Gasteiger partial charge in [0.1, 0.15) is 0 Å². The Morgan fingerprint density at radius 3 is 2.82 bits per heavy atom. The summed E-state index contributed by atoms with van der Waals surface area (Å²) in [5, 5.41) is 5.81. The molecule has 0 bridgehead atoms. The first-order valence-electron chi connectivity index (χ1n) is 5.64. The minimum absolute atomic E-state index is 0.0727. The summed E-state index contributed by atoms with van der Waals surface area (Å²) in [6.07, 6.45) is 5.08. The Bertz CT molecular complexity index is 420. The summed E-state index contributed by atoms with van der Waals surface area (Å²) >= 11 is 0. The number of hydrogen-bond donors (Lipinski definition) is 2. The molecule has 0 spiro atoms. The monoisotopic (exact) mass is 230 g/mol. The van der Waals surface area contributed by atoms with Crippen molar-refractivity contribution in [1.29, 1.82) is 0 Å². The lowest BCUT2D eigenvalue weighted by Crippen LogP contribution is -2.42. The van der Waals surface area contributed by atoms with Crippen molar-refractivity contribution >= 4 is 5.91 Å². The standard InChI is InChI=1S/C14H18N2O/c1-4-9-15-14(17)12(3)16-10-13-8-6-5-7-11(13)2/h1,5-8,12,16H,9-10H2,2-3H3,(H,15,17). The van der Waals surface area contributed by atoms with E-state index in [1.165, 1.54) is 11.1 Å². The van der Waals surface area contributed by atoms with Crippen molar-refractivity contribution in [2.45, 2.75) is 26.4 Å². The van der Waals surface area contributed by atoms with Crippen LogP contribution >= 0.6 is 0 Å². The van der Waals surface area contributed by atoms with E-state index in [4.69, 9.17) is 6.42 Å². The molecular formula is C14H18N2O. The lowest BCUT2D eigenvalue weighted by molar-refractivity contribution is -0.122. The molecule has 0 radical (unpaired) electrons. The predicted octanol–water partition coefficient (Wildman–Crippen LogP) is 1.22. The first-order chi connectivity index (χ1) is 8.15. The van der Waals surface area contributed by atoms with Gasteiger partial charge in [0.25, 0.3) is 0 Å². The van der Waals surface area contributed by atoms with E-state index in [1.807, 2.05) is 25.1 Å². The maximum Gasteiger partial charge on any atom is 0.237 e. The summed E-state index contributed by atoms with van der Waals surface area (Å²) in [7, 11) is 0. The van der Waals surface area contributed by atoms with E-state index in [-0.39, 0.29) is 18.5 Å². The average Bonchev–Trinajstić information content (AvgIpc) is 2.34. The van der Waals surface area contributed by atoms with Gasteiger partial charge in [0.2, 0.25) is 5.91 Å². The van der Waals surface area contributed by atoms with Gasteiger partial charge in [-0.2, -0.15) is 0 Å². The smallest absolute Gasteiger partial charge is 0.237 e. The molecule has 3 heteroatoms. The number of carbonyl (C=O) groups excluding carboxylic acids is 1. The van der Waals surface area contributed by atoms with Crippen LogP contribution in [0.1, 0.15) is 18.1 Å². The van der Waals surface area contributed by atoms with Crippen LogP contribution in [-0.4, -0.2) is 18.5 Å². The van der Waals surface area contributed by atoms with Crippen LogP contribution in [0.2, 0.25) is 0 Å². The zero-order valence-corrected chi connectivity index (χ0v) is 10.3. The number of amides is 1. The zero-order chi connectivity index (χ0) is 12.7. The predicted molar refractivity (Wildman–Crippen MR) is 69.3 cm³/mol. The molecule has 1 atom stereocenters. The van der Waals surface area contributed by atoms with Crippen molar-refractivity contribution in [3.63, 3.8) is 0 Å². The normalized spacial score (nSPS) is 11.6. The van der Waals surface area contributed by atoms with E-state index in [1.54, 1.807) is 0 Å². The number of aryl methyl sites for hydroxylation is 1. The third-order valence-corrected chi connectivity index (χ3v) is 2.62. The van der Waals surface area contributed by atoms with Gasteiger partial charge in [-0.1, -0.05) is 30.2 Å². The molecule has 1 aromatic rings. The molecule has 1 rings (SSSR count). The van der Waals surface area contributed by atoms with Crippen LogP contribution in [0.15, 0.2) is 24.3 Å². The summed E-state index contributed by atoms with van der Waals surface area (Å²) in [5.41, 5.74) is 2.42. The lowest BCUT2D eigenvalue weighted by Gasteiger charge is -2.14. The first kappa shape index (κ1) is 13.3. The van der Waals surface area contributed by atoms with E-state index in [2.05, 4.69) is 29.5 Å². The number of benzene rings is 1. The van der Waals surface area contributed by atoms with Crippen molar-refractivity contribution in [3.05, 3.63) is 35.4 Å². The maximum absolute atomic E-state index is 11.5. The molecule has 1 aromatic carbocycles. The van der Waals surface area contributed by atoms with Crippen molar-refractivity contribution in [2.24, 2.45) is 0 Å². The van der Waals surface area contributed by atoms with E-state index >= 15 is 0 Å². The molecule has 0 fully saturated rings. The summed E-state index contributed by atoms with van der Waals surface area (Å²) in [5.74, 6) is 2.30. The average molecular weight is 230 g/mol.